The molecule has 0 bridgehead atoms. The Hall–Kier alpha value is -3.22. The molecule has 0 amide bonds. The summed E-state index contributed by atoms with van der Waals surface area (Å²) in [5, 5.41) is 15.9. The number of carbonyl (C=O) groups is 1. The fourth-order valence-corrected chi connectivity index (χ4v) is 1.94. The Morgan fingerprint density at radius 2 is 2.05 bits per heavy atom. The smallest absolute Gasteiger partial charge is 0.225 e. The Balaban J connectivity index is 1.93. The number of aliphatic hydroxyl groups is 1. The number of aliphatic hydroxyl groups excluding tert-OH is 1. The molecule has 2 aromatic heterocycles. The third-order valence-corrected chi connectivity index (χ3v) is 2.96. The Morgan fingerprint density at radius 1 is 1.27 bits per heavy atom. The van der Waals surface area contributed by atoms with Gasteiger partial charge < -0.3 is 9.52 Å². The number of aromatic amines is 1. The van der Waals surface area contributed by atoms with Gasteiger partial charge in [-0.2, -0.15) is 5.10 Å². The van der Waals surface area contributed by atoms with Crippen molar-refractivity contribution in [3.05, 3.63) is 66.4 Å². The van der Waals surface area contributed by atoms with Crippen LogP contribution in [0.5, 0.6) is 0 Å². The van der Waals surface area contributed by atoms with E-state index in [1.54, 1.807) is 6.07 Å². The number of aromatic nitrogens is 3. The molecule has 0 aliphatic carbocycles. The van der Waals surface area contributed by atoms with Crippen LogP contribution in [0, 0.1) is 5.82 Å². The maximum Gasteiger partial charge on any atom is 0.225 e. The van der Waals surface area contributed by atoms with Crippen molar-refractivity contribution >= 4 is 11.5 Å². The molecule has 0 aliphatic rings. The Labute approximate surface area is 123 Å². The van der Waals surface area contributed by atoms with Crippen LogP contribution in [-0.4, -0.2) is 26.1 Å². The molecule has 0 radical (unpaired) electrons. The predicted molar refractivity (Wildman–Crippen MR) is 75.4 cm³/mol. The largest absolute Gasteiger partial charge is 0.504 e. The minimum Gasteiger partial charge on any atom is -0.504 e. The van der Waals surface area contributed by atoms with Crippen LogP contribution in [0.2, 0.25) is 0 Å². The van der Waals surface area contributed by atoms with Gasteiger partial charge in [0, 0.05) is 11.6 Å². The lowest BCUT2D eigenvalue weighted by molar-refractivity contribution is 0.102. The van der Waals surface area contributed by atoms with E-state index in [2.05, 4.69) is 15.2 Å². The van der Waals surface area contributed by atoms with Gasteiger partial charge in [-0.25, -0.2) is 9.37 Å². The van der Waals surface area contributed by atoms with Crippen molar-refractivity contribution in [1.82, 2.24) is 15.2 Å². The number of carbonyl (C=O) groups excluding carboxylic acids is 1. The molecule has 3 aromatic rings. The molecule has 0 saturated carbocycles. The molecule has 1 aromatic carbocycles. The molecule has 0 saturated heterocycles. The summed E-state index contributed by atoms with van der Waals surface area (Å²) in [6.45, 7) is 0. The first-order valence-electron chi connectivity index (χ1n) is 6.29. The lowest BCUT2D eigenvalue weighted by atomic mass is 10.0. The monoisotopic (exact) mass is 299 g/mol. The first-order valence-corrected chi connectivity index (χ1v) is 6.29. The SMILES string of the molecule is O=C(C=C(O)c1nc[nH]n1)c1occc1-c1ccc(F)cc1. The summed E-state index contributed by atoms with van der Waals surface area (Å²) in [6, 6.07) is 7.25. The maximum atomic E-state index is 13.0. The second-order valence-corrected chi connectivity index (χ2v) is 4.39. The molecule has 0 atom stereocenters. The second kappa shape index (κ2) is 5.65. The number of halogens is 1. The van der Waals surface area contributed by atoms with Gasteiger partial charge in [0.05, 0.1) is 6.26 Å². The predicted octanol–water partition coefficient (Wildman–Crippen LogP) is 2.99. The minimum atomic E-state index is -0.549. The van der Waals surface area contributed by atoms with Crippen LogP contribution in [0.1, 0.15) is 16.4 Å². The van der Waals surface area contributed by atoms with Gasteiger partial charge in [-0.05, 0) is 23.8 Å². The summed E-state index contributed by atoms with van der Waals surface area (Å²) >= 11 is 0. The van der Waals surface area contributed by atoms with Crippen molar-refractivity contribution in [2.24, 2.45) is 0 Å². The zero-order valence-corrected chi connectivity index (χ0v) is 11.2. The zero-order chi connectivity index (χ0) is 15.5. The molecule has 6 nitrogen and oxygen atoms in total. The Morgan fingerprint density at radius 3 is 2.73 bits per heavy atom. The molecule has 110 valence electrons. The fraction of sp³-hybridized carbons (Fsp3) is 0. The molecule has 0 aliphatic heterocycles. The van der Waals surface area contributed by atoms with Gasteiger partial charge in [0.1, 0.15) is 12.1 Å². The molecular weight excluding hydrogens is 289 g/mol. The van der Waals surface area contributed by atoms with Gasteiger partial charge in [0.25, 0.3) is 0 Å². The van der Waals surface area contributed by atoms with E-state index >= 15 is 0 Å². The molecule has 3 rings (SSSR count). The molecule has 7 heteroatoms. The Kier molecular flexibility index (Phi) is 3.53. The van der Waals surface area contributed by atoms with Crippen molar-refractivity contribution < 1.29 is 18.7 Å². The van der Waals surface area contributed by atoms with E-state index in [9.17, 15) is 14.3 Å². The highest BCUT2D eigenvalue weighted by molar-refractivity contribution is 6.09. The van der Waals surface area contributed by atoms with Crippen molar-refractivity contribution in [2.75, 3.05) is 0 Å². The molecule has 0 unspecified atom stereocenters. The van der Waals surface area contributed by atoms with Gasteiger partial charge in [-0.15, -0.1) is 0 Å². The van der Waals surface area contributed by atoms with Gasteiger partial charge in [-0.3, -0.25) is 9.89 Å². The van der Waals surface area contributed by atoms with Crippen LogP contribution in [0.4, 0.5) is 4.39 Å². The van der Waals surface area contributed by atoms with E-state index in [1.807, 2.05) is 0 Å². The first-order chi connectivity index (χ1) is 10.6. The minimum absolute atomic E-state index is 0.00300. The van der Waals surface area contributed by atoms with Crippen LogP contribution in [0.3, 0.4) is 0 Å². The Bertz CT molecular complexity index is 820. The highest BCUT2D eigenvalue weighted by atomic mass is 19.1. The molecule has 2 N–H and O–H groups in total. The van der Waals surface area contributed by atoms with E-state index in [-0.39, 0.29) is 23.2 Å². The molecule has 2 heterocycles. The average Bonchev–Trinajstić information content (AvgIpc) is 3.19. The molecule has 22 heavy (non-hydrogen) atoms. The normalized spacial score (nSPS) is 11.6. The number of furan rings is 1. The number of hydrogen-bond acceptors (Lipinski definition) is 5. The molecule has 0 fully saturated rings. The number of nitrogens with zero attached hydrogens (tertiary/aromatic N) is 2. The number of ketones is 1. The fourth-order valence-electron chi connectivity index (χ4n) is 1.94. The molecular formula is C15H10FN3O3. The summed E-state index contributed by atoms with van der Waals surface area (Å²) in [4.78, 5) is 15.9. The highest BCUT2D eigenvalue weighted by Crippen LogP contribution is 2.26. The van der Waals surface area contributed by atoms with Gasteiger partial charge in [0.2, 0.25) is 11.6 Å². The van der Waals surface area contributed by atoms with Crippen molar-refractivity contribution in [1.29, 1.82) is 0 Å². The average molecular weight is 299 g/mol. The number of hydrogen-bond donors (Lipinski definition) is 2. The van der Waals surface area contributed by atoms with E-state index in [4.69, 9.17) is 4.42 Å². The summed E-state index contributed by atoms with van der Waals surface area (Å²) in [7, 11) is 0. The van der Waals surface area contributed by atoms with E-state index < -0.39 is 5.78 Å². The summed E-state index contributed by atoms with van der Waals surface area (Å²) in [6.07, 6.45) is 3.60. The molecule has 0 spiro atoms. The lowest BCUT2D eigenvalue weighted by Gasteiger charge is -2.00. The van der Waals surface area contributed by atoms with Crippen molar-refractivity contribution in [3.63, 3.8) is 0 Å². The third kappa shape index (κ3) is 2.64. The quantitative estimate of drug-likeness (QED) is 0.439. The van der Waals surface area contributed by atoms with Crippen LogP contribution in [0.25, 0.3) is 16.9 Å². The third-order valence-electron chi connectivity index (χ3n) is 2.96. The van der Waals surface area contributed by atoms with Crippen molar-refractivity contribution in [3.8, 4) is 11.1 Å². The number of rotatable bonds is 4. The van der Waals surface area contributed by atoms with Crippen LogP contribution in [0.15, 0.2) is 53.4 Å². The van der Waals surface area contributed by atoms with Gasteiger partial charge in [-0.1, -0.05) is 12.1 Å². The number of allylic oxidation sites excluding steroid dienone is 1. The maximum absolute atomic E-state index is 13.0. The van der Waals surface area contributed by atoms with Gasteiger partial charge >= 0.3 is 0 Å². The highest BCUT2D eigenvalue weighted by Gasteiger charge is 2.17. The zero-order valence-electron chi connectivity index (χ0n) is 11.2. The number of H-pyrrole nitrogens is 1. The van der Waals surface area contributed by atoms with Crippen LogP contribution >= 0.6 is 0 Å². The van der Waals surface area contributed by atoms with Gasteiger partial charge in [0.15, 0.2) is 11.5 Å². The van der Waals surface area contributed by atoms with Crippen LogP contribution in [-0.2, 0) is 0 Å². The lowest BCUT2D eigenvalue weighted by Crippen LogP contribution is -1.98. The van der Waals surface area contributed by atoms with E-state index in [0.29, 0.717) is 11.1 Å². The van der Waals surface area contributed by atoms with Crippen molar-refractivity contribution in [2.45, 2.75) is 0 Å². The summed E-state index contributed by atoms with van der Waals surface area (Å²) < 4.78 is 18.1. The first kappa shape index (κ1) is 13.7. The van der Waals surface area contributed by atoms with E-state index in [0.717, 1.165) is 6.08 Å². The summed E-state index contributed by atoms with van der Waals surface area (Å²) in [5.41, 5.74) is 1.13. The number of benzene rings is 1. The van der Waals surface area contributed by atoms with Crippen LogP contribution < -0.4 is 0 Å². The second-order valence-electron chi connectivity index (χ2n) is 4.39. The standard InChI is InChI=1S/C15H10FN3O3/c16-10-3-1-9(2-4-10)11-5-6-22-14(11)12(20)7-13(21)15-17-8-18-19-15/h1-8,21H,(H,17,18,19). The summed E-state index contributed by atoms with van der Waals surface area (Å²) in [5.74, 6) is -1.27. The topological polar surface area (TPSA) is 92.0 Å². The van der Waals surface area contributed by atoms with E-state index in [1.165, 1.54) is 36.9 Å². The number of nitrogens with one attached hydrogen (secondary N) is 1.